The maximum Gasteiger partial charge on any atom is 0.148 e. The maximum absolute atomic E-state index is 4.42. The molecular formula is C18H19N3. The Morgan fingerprint density at radius 1 is 0.952 bits per heavy atom. The van der Waals surface area contributed by atoms with Crippen LogP contribution in [0.1, 0.15) is 17.2 Å². The Kier molecular flexibility index (Phi) is 4.01. The second-order valence-electron chi connectivity index (χ2n) is 5.17. The molecule has 1 heterocycles. The minimum Gasteiger partial charge on any atom is -0.361 e. The first-order valence-electron chi connectivity index (χ1n) is 7.16. The molecule has 1 unspecified atom stereocenters. The lowest BCUT2D eigenvalue weighted by Gasteiger charge is -2.19. The SMILES string of the molecule is Cn1ccc(NC(Cc2ccccc2)c2ccccc2)n1. The normalized spacial score (nSPS) is 12.0. The number of rotatable bonds is 5. The predicted molar refractivity (Wildman–Crippen MR) is 86.2 cm³/mol. The molecular weight excluding hydrogens is 258 g/mol. The molecule has 0 amide bonds. The lowest BCUT2D eigenvalue weighted by Crippen LogP contribution is -2.14. The summed E-state index contributed by atoms with van der Waals surface area (Å²) in [4.78, 5) is 0. The van der Waals surface area contributed by atoms with Crippen molar-refractivity contribution in [3.63, 3.8) is 0 Å². The number of aryl methyl sites for hydroxylation is 1. The summed E-state index contributed by atoms with van der Waals surface area (Å²) >= 11 is 0. The van der Waals surface area contributed by atoms with Crippen LogP contribution in [0, 0.1) is 0 Å². The third-order valence-electron chi connectivity index (χ3n) is 3.52. The lowest BCUT2D eigenvalue weighted by molar-refractivity contribution is 0.738. The van der Waals surface area contributed by atoms with Gasteiger partial charge in [0, 0.05) is 19.3 Å². The van der Waals surface area contributed by atoms with Crippen molar-refractivity contribution in [2.75, 3.05) is 5.32 Å². The Balaban J connectivity index is 1.84. The number of hydrogen-bond acceptors (Lipinski definition) is 2. The van der Waals surface area contributed by atoms with E-state index in [9.17, 15) is 0 Å². The highest BCUT2D eigenvalue weighted by atomic mass is 15.3. The highest BCUT2D eigenvalue weighted by Gasteiger charge is 2.13. The Bertz CT molecular complexity index is 674. The van der Waals surface area contributed by atoms with Crippen LogP contribution < -0.4 is 5.32 Å². The van der Waals surface area contributed by atoms with E-state index < -0.39 is 0 Å². The fourth-order valence-electron chi connectivity index (χ4n) is 2.46. The molecule has 3 aromatic rings. The zero-order chi connectivity index (χ0) is 14.5. The van der Waals surface area contributed by atoms with E-state index in [-0.39, 0.29) is 6.04 Å². The summed E-state index contributed by atoms with van der Waals surface area (Å²) in [5.41, 5.74) is 2.58. The number of anilines is 1. The van der Waals surface area contributed by atoms with E-state index in [1.54, 1.807) is 0 Å². The molecule has 0 radical (unpaired) electrons. The molecule has 0 aliphatic carbocycles. The first-order valence-corrected chi connectivity index (χ1v) is 7.16. The minimum absolute atomic E-state index is 0.212. The van der Waals surface area contributed by atoms with Crippen molar-refractivity contribution in [3.8, 4) is 0 Å². The quantitative estimate of drug-likeness (QED) is 0.768. The first kappa shape index (κ1) is 13.4. The fourth-order valence-corrected chi connectivity index (χ4v) is 2.46. The van der Waals surface area contributed by atoms with E-state index in [1.165, 1.54) is 11.1 Å². The summed E-state index contributed by atoms with van der Waals surface area (Å²) in [6, 6.07) is 23.3. The number of hydrogen-bond donors (Lipinski definition) is 1. The number of nitrogens with one attached hydrogen (secondary N) is 1. The summed E-state index contributed by atoms with van der Waals surface area (Å²) < 4.78 is 1.81. The zero-order valence-corrected chi connectivity index (χ0v) is 12.1. The Hall–Kier alpha value is -2.55. The smallest absolute Gasteiger partial charge is 0.148 e. The Morgan fingerprint density at radius 2 is 1.62 bits per heavy atom. The van der Waals surface area contributed by atoms with Gasteiger partial charge in [-0.25, -0.2) is 0 Å². The van der Waals surface area contributed by atoms with Gasteiger partial charge in [0.2, 0.25) is 0 Å². The van der Waals surface area contributed by atoms with Crippen LogP contribution in [0.3, 0.4) is 0 Å². The van der Waals surface area contributed by atoms with Crippen molar-refractivity contribution >= 4 is 5.82 Å². The molecule has 0 fully saturated rings. The molecule has 21 heavy (non-hydrogen) atoms. The van der Waals surface area contributed by atoms with E-state index in [0.717, 1.165) is 12.2 Å². The largest absolute Gasteiger partial charge is 0.361 e. The number of aromatic nitrogens is 2. The van der Waals surface area contributed by atoms with Crippen LogP contribution in [-0.2, 0) is 13.5 Å². The van der Waals surface area contributed by atoms with Crippen molar-refractivity contribution in [1.82, 2.24) is 9.78 Å². The van der Waals surface area contributed by atoms with E-state index in [0.29, 0.717) is 0 Å². The molecule has 3 heteroatoms. The predicted octanol–water partition coefficient (Wildman–Crippen LogP) is 3.82. The van der Waals surface area contributed by atoms with Crippen molar-refractivity contribution < 1.29 is 0 Å². The van der Waals surface area contributed by atoms with E-state index >= 15 is 0 Å². The molecule has 1 aromatic heterocycles. The third-order valence-corrected chi connectivity index (χ3v) is 3.52. The van der Waals surface area contributed by atoms with E-state index in [1.807, 2.05) is 36.1 Å². The van der Waals surface area contributed by atoms with Crippen molar-refractivity contribution in [3.05, 3.63) is 84.1 Å². The maximum atomic E-state index is 4.42. The summed E-state index contributed by atoms with van der Waals surface area (Å²) in [7, 11) is 1.93. The second-order valence-corrected chi connectivity index (χ2v) is 5.17. The van der Waals surface area contributed by atoms with Crippen LogP contribution in [0.25, 0.3) is 0 Å². The van der Waals surface area contributed by atoms with Crippen molar-refractivity contribution in [1.29, 1.82) is 0 Å². The monoisotopic (exact) mass is 277 g/mol. The molecule has 0 saturated heterocycles. The fraction of sp³-hybridized carbons (Fsp3) is 0.167. The Labute approximate surface area is 125 Å². The average Bonchev–Trinajstić information content (AvgIpc) is 2.94. The molecule has 1 atom stereocenters. The summed E-state index contributed by atoms with van der Waals surface area (Å²) in [5.74, 6) is 0.905. The summed E-state index contributed by atoms with van der Waals surface area (Å²) in [6.07, 6.45) is 2.88. The molecule has 106 valence electrons. The number of benzene rings is 2. The van der Waals surface area contributed by atoms with Gasteiger partial charge < -0.3 is 5.32 Å². The van der Waals surface area contributed by atoms with Gasteiger partial charge in [0.1, 0.15) is 5.82 Å². The molecule has 1 N–H and O–H groups in total. The molecule has 0 bridgehead atoms. The van der Waals surface area contributed by atoms with Gasteiger partial charge >= 0.3 is 0 Å². The molecule has 3 nitrogen and oxygen atoms in total. The van der Waals surface area contributed by atoms with Gasteiger partial charge in [-0.05, 0) is 17.5 Å². The van der Waals surface area contributed by atoms with Crippen molar-refractivity contribution in [2.24, 2.45) is 7.05 Å². The van der Waals surface area contributed by atoms with Crippen LogP contribution in [0.15, 0.2) is 72.9 Å². The standard InChI is InChI=1S/C18H19N3/c1-21-13-12-18(20-21)19-17(16-10-6-3-7-11-16)14-15-8-4-2-5-9-15/h2-13,17H,14H2,1H3,(H,19,20). The Morgan fingerprint density at radius 3 is 2.24 bits per heavy atom. The summed E-state index contributed by atoms with van der Waals surface area (Å²) in [5, 5.41) is 7.96. The van der Waals surface area contributed by atoms with Gasteiger partial charge in [-0.3, -0.25) is 4.68 Å². The van der Waals surface area contributed by atoms with Crippen molar-refractivity contribution in [2.45, 2.75) is 12.5 Å². The van der Waals surface area contributed by atoms with Crippen LogP contribution >= 0.6 is 0 Å². The topological polar surface area (TPSA) is 29.9 Å². The molecule has 0 aliphatic rings. The van der Waals surface area contributed by atoms with Gasteiger partial charge in [0.05, 0.1) is 6.04 Å². The van der Waals surface area contributed by atoms with Gasteiger partial charge in [-0.2, -0.15) is 5.10 Å². The van der Waals surface area contributed by atoms with Crippen LogP contribution in [0.4, 0.5) is 5.82 Å². The van der Waals surface area contributed by atoms with Crippen LogP contribution in [0.5, 0.6) is 0 Å². The highest BCUT2D eigenvalue weighted by Crippen LogP contribution is 2.22. The second kappa shape index (κ2) is 6.27. The van der Waals surface area contributed by atoms with Gasteiger partial charge in [0.25, 0.3) is 0 Å². The zero-order valence-electron chi connectivity index (χ0n) is 12.1. The van der Waals surface area contributed by atoms with E-state index in [4.69, 9.17) is 0 Å². The highest BCUT2D eigenvalue weighted by molar-refractivity contribution is 5.38. The number of nitrogens with zero attached hydrogens (tertiary/aromatic N) is 2. The van der Waals surface area contributed by atoms with Gasteiger partial charge in [-0.15, -0.1) is 0 Å². The lowest BCUT2D eigenvalue weighted by atomic mass is 9.99. The minimum atomic E-state index is 0.212. The van der Waals surface area contributed by atoms with Crippen LogP contribution in [0.2, 0.25) is 0 Å². The first-order chi connectivity index (χ1) is 10.3. The van der Waals surface area contributed by atoms with Crippen LogP contribution in [-0.4, -0.2) is 9.78 Å². The molecule has 0 spiro atoms. The van der Waals surface area contributed by atoms with Gasteiger partial charge in [0.15, 0.2) is 0 Å². The van der Waals surface area contributed by atoms with E-state index in [2.05, 4.69) is 58.9 Å². The summed E-state index contributed by atoms with van der Waals surface area (Å²) in [6.45, 7) is 0. The molecule has 0 saturated carbocycles. The molecule has 0 aliphatic heterocycles. The van der Waals surface area contributed by atoms with Gasteiger partial charge in [-0.1, -0.05) is 60.7 Å². The third kappa shape index (κ3) is 3.51. The average molecular weight is 277 g/mol. The molecule has 2 aromatic carbocycles. The molecule has 3 rings (SSSR count).